The first-order valence-electron chi connectivity index (χ1n) is 8.00. The van der Waals surface area contributed by atoms with Crippen molar-refractivity contribution in [2.45, 2.75) is 70.4 Å². The number of hydrogen-bond donors (Lipinski definition) is 1. The summed E-state index contributed by atoms with van der Waals surface area (Å²) < 4.78 is 5.64. The van der Waals surface area contributed by atoms with E-state index < -0.39 is 0 Å². The predicted octanol–water partition coefficient (Wildman–Crippen LogP) is 2.79. The van der Waals surface area contributed by atoms with Crippen LogP contribution in [0.1, 0.15) is 58.8 Å². The summed E-state index contributed by atoms with van der Waals surface area (Å²) in [4.78, 5) is 2.62. The summed E-state index contributed by atoms with van der Waals surface area (Å²) >= 11 is 0. The highest BCUT2D eigenvalue weighted by atomic mass is 16.5. The van der Waals surface area contributed by atoms with Crippen LogP contribution < -0.4 is 5.73 Å². The Bertz CT molecular complexity index is 272. The fourth-order valence-corrected chi connectivity index (χ4v) is 3.85. The van der Waals surface area contributed by atoms with E-state index in [-0.39, 0.29) is 5.54 Å². The van der Waals surface area contributed by atoms with Gasteiger partial charge < -0.3 is 10.5 Å². The van der Waals surface area contributed by atoms with Crippen LogP contribution in [0.4, 0.5) is 0 Å². The summed E-state index contributed by atoms with van der Waals surface area (Å²) in [5, 5.41) is 0. The molecule has 1 unspecified atom stereocenters. The lowest BCUT2D eigenvalue weighted by atomic mass is 9.74. The van der Waals surface area contributed by atoms with Gasteiger partial charge in [0.25, 0.3) is 0 Å². The molecular weight excluding hydrogens is 236 g/mol. The van der Waals surface area contributed by atoms with E-state index >= 15 is 0 Å². The second kappa shape index (κ2) is 6.11. The average Bonchev–Trinajstić information content (AvgIpc) is 2.64. The van der Waals surface area contributed by atoms with Crippen LogP contribution in [0.3, 0.4) is 0 Å². The monoisotopic (exact) mass is 268 g/mol. The lowest BCUT2D eigenvalue weighted by Crippen LogP contribution is -2.57. The van der Waals surface area contributed by atoms with Gasteiger partial charge in [0.15, 0.2) is 0 Å². The third kappa shape index (κ3) is 3.50. The van der Waals surface area contributed by atoms with Crippen molar-refractivity contribution >= 4 is 0 Å². The smallest absolute Gasteiger partial charge is 0.0484 e. The lowest BCUT2D eigenvalue weighted by Gasteiger charge is -2.48. The van der Waals surface area contributed by atoms with Crippen molar-refractivity contribution in [1.29, 1.82) is 0 Å². The Hall–Kier alpha value is -0.120. The quantitative estimate of drug-likeness (QED) is 0.855. The zero-order valence-electron chi connectivity index (χ0n) is 13.1. The molecule has 3 nitrogen and oxygen atoms in total. The standard InChI is InChI=1S/C16H32N2O/c1-15(2)8-5-14(6-9-15)18(3)16(13-17)7-4-11-19-12-10-16/h14H,4-13,17H2,1-3H3. The van der Waals surface area contributed by atoms with Crippen LogP contribution in [-0.4, -0.2) is 43.3 Å². The first-order valence-corrected chi connectivity index (χ1v) is 8.00. The molecule has 0 amide bonds. The number of ether oxygens (including phenoxy) is 1. The molecule has 0 bridgehead atoms. The van der Waals surface area contributed by atoms with Gasteiger partial charge in [0.1, 0.15) is 0 Å². The van der Waals surface area contributed by atoms with Gasteiger partial charge in [0, 0.05) is 31.3 Å². The Morgan fingerprint density at radius 3 is 2.42 bits per heavy atom. The normalized spacial score (nSPS) is 33.3. The Morgan fingerprint density at radius 2 is 1.79 bits per heavy atom. The van der Waals surface area contributed by atoms with E-state index in [0.717, 1.165) is 38.6 Å². The summed E-state index contributed by atoms with van der Waals surface area (Å²) in [6.45, 7) is 7.36. The van der Waals surface area contributed by atoms with E-state index in [1.807, 2.05) is 0 Å². The Balaban J connectivity index is 2.01. The molecule has 0 radical (unpaired) electrons. The maximum absolute atomic E-state index is 6.17. The Morgan fingerprint density at radius 1 is 1.11 bits per heavy atom. The van der Waals surface area contributed by atoms with E-state index in [2.05, 4.69) is 25.8 Å². The SMILES string of the molecule is CN(C1CCC(C)(C)CC1)C1(CN)CCCOCC1. The fraction of sp³-hybridized carbons (Fsp3) is 1.00. The average molecular weight is 268 g/mol. The molecule has 2 aliphatic rings. The van der Waals surface area contributed by atoms with Crippen LogP contribution in [0.2, 0.25) is 0 Å². The van der Waals surface area contributed by atoms with Gasteiger partial charge >= 0.3 is 0 Å². The van der Waals surface area contributed by atoms with E-state index in [0.29, 0.717) is 5.41 Å². The first-order chi connectivity index (χ1) is 8.99. The highest BCUT2D eigenvalue weighted by molar-refractivity contribution is 4.96. The molecule has 1 heterocycles. The lowest BCUT2D eigenvalue weighted by molar-refractivity contribution is 0.0223. The summed E-state index contributed by atoms with van der Waals surface area (Å²) in [5.41, 5.74) is 6.90. The predicted molar refractivity (Wildman–Crippen MR) is 80.3 cm³/mol. The third-order valence-corrected chi connectivity index (χ3v) is 5.63. The number of nitrogens with two attached hydrogens (primary N) is 1. The highest BCUT2D eigenvalue weighted by Gasteiger charge is 2.39. The van der Waals surface area contributed by atoms with Gasteiger partial charge in [0.05, 0.1) is 0 Å². The fourth-order valence-electron chi connectivity index (χ4n) is 3.85. The van der Waals surface area contributed by atoms with Gasteiger partial charge in [-0.2, -0.15) is 0 Å². The molecule has 0 spiro atoms. The van der Waals surface area contributed by atoms with Crippen molar-refractivity contribution in [3.63, 3.8) is 0 Å². The molecular formula is C16H32N2O. The van der Waals surface area contributed by atoms with Crippen molar-refractivity contribution in [3.8, 4) is 0 Å². The minimum atomic E-state index is 0.183. The zero-order chi connectivity index (χ0) is 13.9. The highest BCUT2D eigenvalue weighted by Crippen LogP contribution is 2.39. The van der Waals surface area contributed by atoms with E-state index in [1.165, 1.54) is 32.1 Å². The van der Waals surface area contributed by atoms with Crippen LogP contribution in [0.25, 0.3) is 0 Å². The molecule has 0 aromatic rings. The Kier molecular flexibility index (Phi) is 4.91. The molecule has 3 heteroatoms. The van der Waals surface area contributed by atoms with Gasteiger partial charge in [-0.15, -0.1) is 0 Å². The summed E-state index contributed by atoms with van der Waals surface area (Å²) in [7, 11) is 2.31. The topological polar surface area (TPSA) is 38.5 Å². The van der Waals surface area contributed by atoms with Crippen molar-refractivity contribution < 1.29 is 4.74 Å². The van der Waals surface area contributed by atoms with Gasteiger partial charge in [-0.3, -0.25) is 4.90 Å². The number of likely N-dealkylation sites (N-methyl/N-ethyl adjacent to an activating group) is 1. The summed E-state index contributed by atoms with van der Waals surface area (Å²) in [6.07, 6.45) is 8.79. The van der Waals surface area contributed by atoms with Crippen molar-refractivity contribution in [3.05, 3.63) is 0 Å². The van der Waals surface area contributed by atoms with Crippen LogP contribution in [0, 0.1) is 5.41 Å². The zero-order valence-corrected chi connectivity index (χ0v) is 13.1. The molecule has 1 saturated carbocycles. The molecule has 1 saturated heterocycles. The number of hydrogen-bond acceptors (Lipinski definition) is 3. The summed E-state index contributed by atoms with van der Waals surface area (Å²) in [6, 6.07) is 0.717. The largest absolute Gasteiger partial charge is 0.381 e. The van der Waals surface area contributed by atoms with Crippen molar-refractivity contribution in [2.24, 2.45) is 11.1 Å². The number of rotatable bonds is 3. The maximum atomic E-state index is 6.17. The molecule has 1 atom stereocenters. The third-order valence-electron chi connectivity index (χ3n) is 5.63. The molecule has 112 valence electrons. The van der Waals surface area contributed by atoms with Gasteiger partial charge in [-0.05, 0) is 57.4 Å². The maximum Gasteiger partial charge on any atom is 0.0484 e. The molecule has 0 aromatic carbocycles. The second-order valence-corrected chi connectivity index (χ2v) is 7.40. The summed E-state index contributed by atoms with van der Waals surface area (Å²) in [5.74, 6) is 0. The van der Waals surface area contributed by atoms with Crippen LogP contribution in [0.5, 0.6) is 0 Å². The minimum Gasteiger partial charge on any atom is -0.381 e. The van der Waals surface area contributed by atoms with Gasteiger partial charge in [0.2, 0.25) is 0 Å². The molecule has 1 aliphatic carbocycles. The van der Waals surface area contributed by atoms with Crippen LogP contribution >= 0.6 is 0 Å². The first kappa shape index (κ1) is 15.3. The molecule has 19 heavy (non-hydrogen) atoms. The van der Waals surface area contributed by atoms with Gasteiger partial charge in [-0.1, -0.05) is 13.8 Å². The molecule has 0 aromatic heterocycles. The van der Waals surface area contributed by atoms with Gasteiger partial charge in [-0.25, -0.2) is 0 Å². The van der Waals surface area contributed by atoms with Crippen LogP contribution in [-0.2, 0) is 4.74 Å². The van der Waals surface area contributed by atoms with E-state index in [4.69, 9.17) is 10.5 Å². The van der Waals surface area contributed by atoms with Crippen LogP contribution in [0.15, 0.2) is 0 Å². The minimum absolute atomic E-state index is 0.183. The molecule has 2 fully saturated rings. The molecule has 1 aliphatic heterocycles. The Labute approximate surface area is 118 Å². The molecule has 2 N–H and O–H groups in total. The van der Waals surface area contributed by atoms with E-state index in [9.17, 15) is 0 Å². The number of nitrogens with zero attached hydrogens (tertiary/aromatic N) is 1. The second-order valence-electron chi connectivity index (χ2n) is 7.40. The van der Waals surface area contributed by atoms with Crippen molar-refractivity contribution in [2.75, 3.05) is 26.8 Å². The van der Waals surface area contributed by atoms with E-state index in [1.54, 1.807) is 0 Å². The van der Waals surface area contributed by atoms with Crippen molar-refractivity contribution in [1.82, 2.24) is 4.90 Å². The molecule has 2 rings (SSSR count).